The minimum absolute atomic E-state index is 0.0135. The number of morpholine rings is 1. The van der Waals surface area contributed by atoms with Crippen molar-refractivity contribution in [2.45, 2.75) is 52.4 Å². The summed E-state index contributed by atoms with van der Waals surface area (Å²) in [6.07, 6.45) is 2.50. The van der Waals surface area contributed by atoms with Gasteiger partial charge in [-0.05, 0) is 38.3 Å². The van der Waals surface area contributed by atoms with Gasteiger partial charge in [-0.25, -0.2) is 4.98 Å². The van der Waals surface area contributed by atoms with Gasteiger partial charge in [-0.3, -0.25) is 9.59 Å². The number of carbonyl (C=O) groups excluding carboxylic acids is 2. The van der Waals surface area contributed by atoms with E-state index in [2.05, 4.69) is 29.1 Å². The number of H-pyrrole nitrogens is 1. The molecule has 2 aromatic heterocycles. The van der Waals surface area contributed by atoms with Crippen LogP contribution >= 0.6 is 11.3 Å². The number of nitrogens with one attached hydrogen (secondary N) is 2. The van der Waals surface area contributed by atoms with E-state index in [0.717, 1.165) is 11.4 Å². The Kier molecular flexibility index (Phi) is 6.51. The number of aromatic nitrogens is 2. The highest BCUT2D eigenvalue weighted by Crippen LogP contribution is 2.26. The predicted molar refractivity (Wildman–Crippen MR) is 108 cm³/mol. The Balaban J connectivity index is 1.74. The molecule has 152 valence electrons. The van der Waals surface area contributed by atoms with Gasteiger partial charge in [0.1, 0.15) is 16.4 Å². The summed E-state index contributed by atoms with van der Waals surface area (Å²) in [7, 11) is 0. The van der Waals surface area contributed by atoms with Gasteiger partial charge in [-0.1, -0.05) is 13.8 Å². The van der Waals surface area contributed by atoms with Gasteiger partial charge in [0, 0.05) is 24.7 Å². The van der Waals surface area contributed by atoms with Gasteiger partial charge in [0.15, 0.2) is 0 Å². The van der Waals surface area contributed by atoms with Crippen molar-refractivity contribution >= 4 is 23.2 Å². The normalized spacial score (nSPS) is 21.0. The number of amides is 2. The highest BCUT2D eigenvalue weighted by Gasteiger charge is 2.29. The van der Waals surface area contributed by atoms with Gasteiger partial charge < -0.3 is 19.9 Å². The molecule has 1 aliphatic heterocycles. The fourth-order valence-electron chi connectivity index (χ4n) is 3.45. The standard InChI is InChI=1S/C20H28N4O3S/c1-12(2)8-16(22-18(25)15-6-5-7-21-15)19-23-17(11-28-19)20(26)24-9-13(3)27-14(4)10-24/h5-7,11-14,16,21H,8-10H2,1-4H3,(H,22,25)/t13-,14+,16-/m0/s1. The Labute approximate surface area is 169 Å². The molecule has 0 spiro atoms. The summed E-state index contributed by atoms with van der Waals surface area (Å²) < 4.78 is 5.71. The molecule has 1 fully saturated rings. The molecule has 28 heavy (non-hydrogen) atoms. The summed E-state index contributed by atoms with van der Waals surface area (Å²) >= 11 is 1.42. The first kappa shape index (κ1) is 20.5. The Morgan fingerprint density at radius 2 is 2.07 bits per heavy atom. The van der Waals surface area contributed by atoms with Crippen molar-refractivity contribution in [1.82, 2.24) is 20.2 Å². The van der Waals surface area contributed by atoms with E-state index in [-0.39, 0.29) is 30.1 Å². The molecule has 3 rings (SSSR count). The maximum absolute atomic E-state index is 12.9. The van der Waals surface area contributed by atoms with E-state index in [1.807, 2.05) is 13.8 Å². The number of nitrogens with zero attached hydrogens (tertiary/aromatic N) is 2. The average molecular weight is 405 g/mol. The van der Waals surface area contributed by atoms with Crippen molar-refractivity contribution in [3.05, 3.63) is 40.1 Å². The van der Waals surface area contributed by atoms with E-state index >= 15 is 0 Å². The minimum Gasteiger partial charge on any atom is -0.372 e. The predicted octanol–water partition coefficient (Wildman–Crippen LogP) is 3.24. The Morgan fingerprint density at radius 1 is 1.36 bits per heavy atom. The number of carbonyl (C=O) groups is 2. The minimum atomic E-state index is -0.232. The largest absolute Gasteiger partial charge is 0.372 e. The highest BCUT2D eigenvalue weighted by atomic mass is 32.1. The molecule has 0 aliphatic carbocycles. The summed E-state index contributed by atoms with van der Waals surface area (Å²) in [5.74, 6) is 0.121. The number of thiazole rings is 1. The number of ether oxygens (including phenoxy) is 1. The summed E-state index contributed by atoms with van der Waals surface area (Å²) in [5.41, 5.74) is 0.946. The van der Waals surface area contributed by atoms with Gasteiger partial charge in [-0.2, -0.15) is 0 Å². The topological polar surface area (TPSA) is 87.3 Å². The molecule has 2 amide bonds. The highest BCUT2D eigenvalue weighted by molar-refractivity contribution is 7.09. The van der Waals surface area contributed by atoms with Crippen LogP contribution in [0.4, 0.5) is 0 Å². The zero-order valence-corrected chi connectivity index (χ0v) is 17.6. The summed E-state index contributed by atoms with van der Waals surface area (Å²) in [4.78, 5) is 34.7. The molecule has 0 saturated carbocycles. The van der Waals surface area contributed by atoms with Crippen LogP contribution in [0.3, 0.4) is 0 Å². The van der Waals surface area contributed by atoms with Crippen molar-refractivity contribution in [2.75, 3.05) is 13.1 Å². The Hall–Kier alpha value is -2.19. The lowest BCUT2D eigenvalue weighted by Crippen LogP contribution is -2.48. The number of rotatable bonds is 6. The van der Waals surface area contributed by atoms with Gasteiger partial charge >= 0.3 is 0 Å². The molecule has 0 radical (unpaired) electrons. The maximum atomic E-state index is 12.9. The second-order valence-corrected chi connectivity index (χ2v) is 8.67. The maximum Gasteiger partial charge on any atom is 0.273 e. The van der Waals surface area contributed by atoms with Crippen molar-refractivity contribution in [1.29, 1.82) is 0 Å². The molecular weight excluding hydrogens is 376 g/mol. The van der Waals surface area contributed by atoms with Crippen LogP contribution in [-0.4, -0.2) is 52.0 Å². The number of hydrogen-bond acceptors (Lipinski definition) is 5. The van der Waals surface area contributed by atoms with Gasteiger partial charge in [0.25, 0.3) is 11.8 Å². The fraction of sp³-hybridized carbons (Fsp3) is 0.550. The summed E-state index contributed by atoms with van der Waals surface area (Å²) in [6, 6.07) is 3.29. The van der Waals surface area contributed by atoms with Crippen LogP contribution < -0.4 is 5.32 Å². The van der Waals surface area contributed by atoms with E-state index in [0.29, 0.717) is 30.4 Å². The van der Waals surface area contributed by atoms with Crippen LogP contribution in [0, 0.1) is 5.92 Å². The van der Waals surface area contributed by atoms with E-state index < -0.39 is 0 Å². The molecule has 2 aromatic rings. The molecule has 1 aliphatic rings. The van der Waals surface area contributed by atoms with E-state index in [1.54, 1.807) is 28.6 Å². The Bertz CT molecular complexity index is 792. The second-order valence-electron chi connectivity index (χ2n) is 7.78. The van der Waals surface area contributed by atoms with Crippen molar-refractivity contribution in [3.63, 3.8) is 0 Å². The first-order chi connectivity index (χ1) is 13.3. The van der Waals surface area contributed by atoms with Gasteiger partial charge in [0.2, 0.25) is 0 Å². The molecule has 2 N–H and O–H groups in total. The third kappa shape index (κ3) is 4.99. The smallest absolute Gasteiger partial charge is 0.273 e. The molecule has 0 aromatic carbocycles. The lowest BCUT2D eigenvalue weighted by Gasteiger charge is -2.34. The molecule has 0 bridgehead atoms. The second kappa shape index (κ2) is 8.87. The monoisotopic (exact) mass is 404 g/mol. The third-order valence-corrected chi connectivity index (χ3v) is 5.56. The van der Waals surface area contributed by atoms with Crippen LogP contribution in [0.2, 0.25) is 0 Å². The summed E-state index contributed by atoms with van der Waals surface area (Å²) in [6.45, 7) is 9.27. The first-order valence-corrected chi connectivity index (χ1v) is 10.6. The van der Waals surface area contributed by atoms with Crippen LogP contribution in [0.25, 0.3) is 0 Å². The van der Waals surface area contributed by atoms with Crippen LogP contribution in [-0.2, 0) is 4.74 Å². The molecule has 0 unspecified atom stereocenters. The SMILES string of the molecule is CC(C)C[C@H](NC(=O)c1ccc[nH]1)c1nc(C(=O)N2C[C@@H](C)O[C@@H](C)C2)cs1. The molecular formula is C20H28N4O3S. The Morgan fingerprint density at radius 3 is 2.68 bits per heavy atom. The average Bonchev–Trinajstić information content (AvgIpc) is 3.31. The quantitative estimate of drug-likeness (QED) is 0.774. The summed E-state index contributed by atoms with van der Waals surface area (Å²) in [5, 5.41) is 5.59. The van der Waals surface area contributed by atoms with Gasteiger partial charge in [0.05, 0.1) is 18.2 Å². The first-order valence-electron chi connectivity index (χ1n) is 9.68. The molecule has 8 heteroatoms. The van der Waals surface area contributed by atoms with Crippen LogP contribution in [0.5, 0.6) is 0 Å². The molecule has 3 heterocycles. The van der Waals surface area contributed by atoms with Gasteiger partial charge in [-0.15, -0.1) is 11.3 Å². The fourth-order valence-corrected chi connectivity index (χ4v) is 4.31. The lowest BCUT2D eigenvalue weighted by atomic mass is 10.0. The van der Waals surface area contributed by atoms with E-state index in [4.69, 9.17) is 4.74 Å². The van der Waals surface area contributed by atoms with Crippen molar-refractivity contribution in [3.8, 4) is 0 Å². The van der Waals surface area contributed by atoms with E-state index in [9.17, 15) is 9.59 Å². The number of hydrogen-bond donors (Lipinski definition) is 2. The molecule has 7 nitrogen and oxygen atoms in total. The van der Waals surface area contributed by atoms with E-state index in [1.165, 1.54) is 11.3 Å². The lowest BCUT2D eigenvalue weighted by molar-refractivity contribution is -0.0587. The van der Waals surface area contributed by atoms with Crippen LogP contribution in [0.1, 0.15) is 66.1 Å². The molecule has 3 atom stereocenters. The van der Waals surface area contributed by atoms with Crippen LogP contribution in [0.15, 0.2) is 23.7 Å². The molecule has 1 saturated heterocycles. The zero-order chi connectivity index (χ0) is 20.3. The zero-order valence-electron chi connectivity index (χ0n) is 16.8. The van der Waals surface area contributed by atoms with Crippen molar-refractivity contribution in [2.24, 2.45) is 5.92 Å². The van der Waals surface area contributed by atoms with Crippen molar-refractivity contribution < 1.29 is 14.3 Å². The number of aromatic amines is 1. The third-order valence-electron chi connectivity index (χ3n) is 4.60.